The summed E-state index contributed by atoms with van der Waals surface area (Å²) in [6.45, 7) is 4.94. The largest absolute Gasteiger partial charge is 0.496 e. The van der Waals surface area contributed by atoms with E-state index in [4.69, 9.17) is 4.74 Å². The van der Waals surface area contributed by atoms with Gasteiger partial charge in [-0.2, -0.15) is 0 Å². The maximum absolute atomic E-state index is 12.3. The number of ether oxygens (including phenoxy) is 1. The van der Waals surface area contributed by atoms with E-state index in [1.807, 2.05) is 17.9 Å². The van der Waals surface area contributed by atoms with Crippen LogP contribution in [0.25, 0.3) is 0 Å². The fourth-order valence-electron chi connectivity index (χ4n) is 2.57. The van der Waals surface area contributed by atoms with Gasteiger partial charge in [-0.25, -0.2) is 0 Å². The molecule has 1 saturated heterocycles. The van der Waals surface area contributed by atoms with Crippen molar-refractivity contribution in [2.75, 3.05) is 20.2 Å². The van der Waals surface area contributed by atoms with Crippen molar-refractivity contribution in [3.63, 3.8) is 0 Å². The molecular formula is C16H22N2O3. The summed E-state index contributed by atoms with van der Waals surface area (Å²) in [4.78, 5) is 25.4. The normalized spacial score (nSPS) is 15.7. The lowest BCUT2D eigenvalue weighted by Crippen LogP contribution is -2.46. The number of likely N-dealkylation sites (tertiary alicyclic amines) is 1. The van der Waals surface area contributed by atoms with Crippen LogP contribution < -0.4 is 10.1 Å². The van der Waals surface area contributed by atoms with Crippen molar-refractivity contribution in [2.45, 2.75) is 32.7 Å². The lowest BCUT2D eigenvalue weighted by molar-refractivity contribution is -0.129. The zero-order chi connectivity index (χ0) is 15.4. The zero-order valence-electron chi connectivity index (χ0n) is 12.8. The molecule has 1 heterocycles. The monoisotopic (exact) mass is 290 g/mol. The second-order valence-electron chi connectivity index (χ2n) is 5.44. The number of amides is 2. The molecule has 2 amide bonds. The van der Waals surface area contributed by atoms with E-state index in [1.54, 1.807) is 26.2 Å². The molecule has 0 saturated carbocycles. The topological polar surface area (TPSA) is 58.6 Å². The van der Waals surface area contributed by atoms with Crippen molar-refractivity contribution < 1.29 is 14.3 Å². The van der Waals surface area contributed by atoms with E-state index in [0.717, 1.165) is 18.4 Å². The van der Waals surface area contributed by atoms with Crippen LogP contribution >= 0.6 is 0 Å². The highest BCUT2D eigenvalue weighted by molar-refractivity contribution is 5.95. The highest BCUT2D eigenvalue weighted by Gasteiger charge is 2.22. The van der Waals surface area contributed by atoms with Gasteiger partial charge in [-0.15, -0.1) is 0 Å². The van der Waals surface area contributed by atoms with E-state index in [0.29, 0.717) is 24.4 Å². The van der Waals surface area contributed by atoms with Gasteiger partial charge in [0.05, 0.1) is 7.11 Å². The van der Waals surface area contributed by atoms with E-state index < -0.39 is 0 Å². The minimum absolute atomic E-state index is 0.0884. The number of hydrogen-bond acceptors (Lipinski definition) is 3. The Bertz CT molecular complexity index is 534. The Morgan fingerprint density at radius 1 is 1.29 bits per heavy atom. The molecule has 21 heavy (non-hydrogen) atoms. The maximum Gasteiger partial charge on any atom is 0.251 e. The Morgan fingerprint density at radius 3 is 2.52 bits per heavy atom. The first-order valence-electron chi connectivity index (χ1n) is 7.22. The maximum atomic E-state index is 12.3. The first-order chi connectivity index (χ1) is 10.0. The first-order valence-corrected chi connectivity index (χ1v) is 7.22. The molecule has 114 valence electrons. The molecule has 0 spiro atoms. The SMILES string of the molecule is COc1cc(C(=O)NC2CCN(C(C)=O)CC2)ccc1C. The van der Waals surface area contributed by atoms with Crippen molar-refractivity contribution in [3.8, 4) is 5.75 Å². The molecule has 1 aromatic carbocycles. The fraction of sp³-hybridized carbons (Fsp3) is 0.500. The summed E-state index contributed by atoms with van der Waals surface area (Å²) >= 11 is 0. The van der Waals surface area contributed by atoms with E-state index in [-0.39, 0.29) is 17.9 Å². The second-order valence-corrected chi connectivity index (χ2v) is 5.44. The molecule has 1 N–H and O–H groups in total. The number of aryl methyl sites for hydroxylation is 1. The predicted octanol–water partition coefficient (Wildman–Crippen LogP) is 1.74. The minimum Gasteiger partial charge on any atom is -0.496 e. The first kappa shape index (κ1) is 15.4. The summed E-state index contributed by atoms with van der Waals surface area (Å²) in [5.41, 5.74) is 1.61. The molecular weight excluding hydrogens is 268 g/mol. The van der Waals surface area contributed by atoms with Crippen LogP contribution in [0, 0.1) is 6.92 Å². The minimum atomic E-state index is -0.0884. The summed E-state index contributed by atoms with van der Waals surface area (Å²) in [5, 5.41) is 3.03. The number of nitrogens with one attached hydrogen (secondary N) is 1. The van der Waals surface area contributed by atoms with Gasteiger partial charge in [0.15, 0.2) is 0 Å². The molecule has 0 aromatic heterocycles. The number of hydrogen-bond donors (Lipinski definition) is 1. The van der Waals surface area contributed by atoms with Crippen molar-refractivity contribution in [3.05, 3.63) is 29.3 Å². The molecule has 1 aromatic rings. The van der Waals surface area contributed by atoms with Crippen LogP contribution in [-0.4, -0.2) is 43.0 Å². The number of carbonyl (C=O) groups is 2. The quantitative estimate of drug-likeness (QED) is 0.922. The Morgan fingerprint density at radius 2 is 1.95 bits per heavy atom. The Hall–Kier alpha value is -2.04. The van der Waals surface area contributed by atoms with Crippen molar-refractivity contribution in [1.82, 2.24) is 10.2 Å². The summed E-state index contributed by atoms with van der Waals surface area (Å²) in [6.07, 6.45) is 1.60. The highest BCUT2D eigenvalue weighted by Crippen LogP contribution is 2.19. The lowest BCUT2D eigenvalue weighted by Gasteiger charge is -2.31. The third kappa shape index (κ3) is 3.74. The second kappa shape index (κ2) is 6.61. The highest BCUT2D eigenvalue weighted by atomic mass is 16.5. The van der Waals surface area contributed by atoms with Crippen LogP contribution in [0.4, 0.5) is 0 Å². The van der Waals surface area contributed by atoms with E-state index in [2.05, 4.69) is 5.32 Å². The van der Waals surface area contributed by atoms with Gasteiger partial charge in [0.1, 0.15) is 5.75 Å². The number of piperidine rings is 1. The fourth-order valence-corrected chi connectivity index (χ4v) is 2.57. The number of benzene rings is 1. The van der Waals surface area contributed by atoms with Gasteiger partial charge in [0, 0.05) is 31.6 Å². The summed E-state index contributed by atoms with van der Waals surface area (Å²) < 4.78 is 5.24. The van der Waals surface area contributed by atoms with Gasteiger partial charge in [0.25, 0.3) is 5.91 Å². The number of carbonyl (C=O) groups excluding carboxylic acids is 2. The molecule has 2 rings (SSSR count). The lowest BCUT2D eigenvalue weighted by atomic mass is 10.0. The van der Waals surface area contributed by atoms with Crippen molar-refractivity contribution in [2.24, 2.45) is 0 Å². The van der Waals surface area contributed by atoms with Crippen LogP contribution in [0.2, 0.25) is 0 Å². The average Bonchev–Trinajstić information content (AvgIpc) is 2.48. The molecule has 0 radical (unpaired) electrons. The number of nitrogens with zero attached hydrogens (tertiary/aromatic N) is 1. The molecule has 0 aliphatic carbocycles. The average molecular weight is 290 g/mol. The van der Waals surface area contributed by atoms with Crippen LogP contribution in [0.15, 0.2) is 18.2 Å². The molecule has 0 bridgehead atoms. The summed E-state index contributed by atoms with van der Waals surface area (Å²) in [6, 6.07) is 5.57. The van der Waals surface area contributed by atoms with Crippen LogP contribution in [-0.2, 0) is 4.79 Å². The van der Waals surface area contributed by atoms with Crippen molar-refractivity contribution in [1.29, 1.82) is 0 Å². The van der Waals surface area contributed by atoms with Gasteiger partial charge in [0.2, 0.25) is 5.91 Å². The van der Waals surface area contributed by atoms with Gasteiger partial charge >= 0.3 is 0 Å². The summed E-state index contributed by atoms with van der Waals surface area (Å²) in [5.74, 6) is 0.728. The Kier molecular flexibility index (Phi) is 4.83. The number of methoxy groups -OCH3 is 1. The van der Waals surface area contributed by atoms with Crippen molar-refractivity contribution >= 4 is 11.8 Å². The molecule has 1 fully saturated rings. The molecule has 5 nitrogen and oxygen atoms in total. The third-order valence-electron chi connectivity index (χ3n) is 3.95. The standard InChI is InChI=1S/C16H22N2O3/c1-11-4-5-13(10-15(11)21-3)16(20)17-14-6-8-18(9-7-14)12(2)19/h4-5,10,14H,6-9H2,1-3H3,(H,17,20). The van der Waals surface area contributed by atoms with E-state index >= 15 is 0 Å². The molecule has 0 atom stereocenters. The molecule has 1 aliphatic rings. The van der Waals surface area contributed by atoms with Gasteiger partial charge in [-0.3, -0.25) is 9.59 Å². The molecule has 1 aliphatic heterocycles. The Labute approximate surface area is 125 Å². The zero-order valence-corrected chi connectivity index (χ0v) is 12.8. The van der Waals surface area contributed by atoms with Crippen LogP contribution in [0.1, 0.15) is 35.7 Å². The van der Waals surface area contributed by atoms with E-state index in [1.165, 1.54) is 0 Å². The molecule has 5 heteroatoms. The number of rotatable bonds is 3. The summed E-state index contributed by atoms with van der Waals surface area (Å²) in [7, 11) is 1.60. The van der Waals surface area contributed by atoms with Gasteiger partial charge in [-0.05, 0) is 37.5 Å². The van der Waals surface area contributed by atoms with Crippen LogP contribution in [0.5, 0.6) is 5.75 Å². The third-order valence-corrected chi connectivity index (χ3v) is 3.95. The molecule has 0 unspecified atom stereocenters. The smallest absolute Gasteiger partial charge is 0.251 e. The Balaban J connectivity index is 1.95. The van der Waals surface area contributed by atoms with Gasteiger partial charge < -0.3 is 15.0 Å². The van der Waals surface area contributed by atoms with Gasteiger partial charge in [-0.1, -0.05) is 6.07 Å². The van der Waals surface area contributed by atoms with E-state index in [9.17, 15) is 9.59 Å². The predicted molar refractivity (Wildman–Crippen MR) is 80.5 cm³/mol. The van der Waals surface area contributed by atoms with Crippen LogP contribution in [0.3, 0.4) is 0 Å².